The zero-order chi connectivity index (χ0) is 27.1. The highest BCUT2D eigenvalue weighted by Gasteiger charge is 2.30. The number of hydrogen-bond acceptors (Lipinski definition) is 5. The summed E-state index contributed by atoms with van der Waals surface area (Å²) >= 11 is 0. The van der Waals surface area contributed by atoms with E-state index in [0.29, 0.717) is 12.3 Å². The zero-order valence-electron chi connectivity index (χ0n) is 23.3. The number of rotatable bonds is 7. The standard InChI is InChI=1S/C32H37N5O2/c1-21-30(36(4)35-34-21)25-19-28-29(33-20-25)26-18-22(12-15-32(2,3)38)10-11-27(26)37(28)31(23-8-6-5-7-9-23)24-13-16-39-17-14-24/h5-11,18-20,24,31,38H,12-17H2,1-4H3. The molecule has 7 nitrogen and oxygen atoms in total. The van der Waals surface area contributed by atoms with Gasteiger partial charge in [0.05, 0.1) is 39.6 Å². The van der Waals surface area contributed by atoms with Crippen LogP contribution in [0.25, 0.3) is 33.2 Å². The van der Waals surface area contributed by atoms with Crippen LogP contribution in [-0.4, -0.2) is 48.5 Å². The van der Waals surface area contributed by atoms with Crippen LogP contribution < -0.4 is 0 Å². The van der Waals surface area contributed by atoms with Crippen LogP contribution in [0.5, 0.6) is 0 Å². The third-order valence-electron chi connectivity index (χ3n) is 8.13. The summed E-state index contributed by atoms with van der Waals surface area (Å²) in [5.74, 6) is 0.443. The molecule has 0 saturated carbocycles. The highest BCUT2D eigenvalue weighted by molar-refractivity contribution is 6.07. The van der Waals surface area contributed by atoms with Crippen LogP contribution in [0.2, 0.25) is 0 Å². The van der Waals surface area contributed by atoms with Crippen LogP contribution >= 0.6 is 0 Å². The van der Waals surface area contributed by atoms with Gasteiger partial charge in [0, 0.05) is 37.4 Å². The minimum atomic E-state index is -0.702. The van der Waals surface area contributed by atoms with Gasteiger partial charge in [-0.1, -0.05) is 41.6 Å². The lowest BCUT2D eigenvalue weighted by Crippen LogP contribution is -2.26. The minimum absolute atomic E-state index is 0.153. The molecule has 1 N–H and O–H groups in total. The van der Waals surface area contributed by atoms with Crippen molar-refractivity contribution in [2.75, 3.05) is 13.2 Å². The Balaban J connectivity index is 1.60. The van der Waals surface area contributed by atoms with E-state index in [1.807, 2.05) is 38.7 Å². The predicted octanol–water partition coefficient (Wildman–Crippen LogP) is 6.01. The topological polar surface area (TPSA) is 78.0 Å². The van der Waals surface area contributed by atoms with Crippen molar-refractivity contribution in [3.05, 3.63) is 77.6 Å². The maximum atomic E-state index is 10.3. The first-order valence-electron chi connectivity index (χ1n) is 13.9. The van der Waals surface area contributed by atoms with Crippen LogP contribution in [-0.2, 0) is 18.2 Å². The van der Waals surface area contributed by atoms with Gasteiger partial charge in [0.15, 0.2) is 0 Å². The first-order chi connectivity index (χ1) is 18.8. The number of aromatic nitrogens is 5. The maximum Gasteiger partial charge on any atom is 0.0960 e. The summed E-state index contributed by atoms with van der Waals surface area (Å²) in [4.78, 5) is 5.08. The molecule has 39 heavy (non-hydrogen) atoms. The fraction of sp³-hybridized carbons (Fsp3) is 0.406. The van der Waals surface area contributed by atoms with Gasteiger partial charge in [-0.05, 0) is 81.7 Å². The van der Waals surface area contributed by atoms with Gasteiger partial charge in [-0.25, -0.2) is 4.68 Å². The van der Waals surface area contributed by atoms with Gasteiger partial charge >= 0.3 is 0 Å². The van der Waals surface area contributed by atoms with E-state index in [4.69, 9.17) is 9.72 Å². The van der Waals surface area contributed by atoms with Gasteiger partial charge in [0.2, 0.25) is 0 Å². The SMILES string of the molecule is Cc1nnn(C)c1-c1cnc2c3cc(CCC(C)(C)O)ccc3n(C(c3ccccc3)C3CCOCC3)c2c1. The largest absolute Gasteiger partial charge is 0.390 e. The molecule has 202 valence electrons. The molecule has 1 atom stereocenters. The molecule has 4 heterocycles. The summed E-state index contributed by atoms with van der Waals surface area (Å²) in [5.41, 5.74) is 7.99. The van der Waals surface area contributed by atoms with E-state index in [9.17, 15) is 5.11 Å². The molecule has 3 aromatic heterocycles. The van der Waals surface area contributed by atoms with E-state index in [0.717, 1.165) is 65.8 Å². The Morgan fingerprint density at radius 1 is 1.05 bits per heavy atom. The lowest BCUT2D eigenvalue weighted by Gasteiger charge is -2.33. The smallest absolute Gasteiger partial charge is 0.0960 e. The number of fused-ring (bicyclic) bond motifs is 3. The van der Waals surface area contributed by atoms with Crippen LogP contribution in [0, 0.1) is 12.8 Å². The first kappa shape index (κ1) is 25.7. The lowest BCUT2D eigenvalue weighted by molar-refractivity contribution is 0.0552. The molecule has 0 spiro atoms. The molecular formula is C32H37N5O2. The molecule has 7 heteroatoms. The molecule has 0 radical (unpaired) electrons. The van der Waals surface area contributed by atoms with Crippen LogP contribution in [0.4, 0.5) is 0 Å². The van der Waals surface area contributed by atoms with E-state index in [-0.39, 0.29) is 6.04 Å². The Hall–Kier alpha value is -3.55. The van der Waals surface area contributed by atoms with Crippen LogP contribution in [0.3, 0.4) is 0 Å². The van der Waals surface area contributed by atoms with Crippen molar-refractivity contribution in [1.82, 2.24) is 24.5 Å². The monoisotopic (exact) mass is 523 g/mol. The lowest BCUT2D eigenvalue weighted by atomic mass is 9.86. The van der Waals surface area contributed by atoms with E-state index in [1.165, 1.54) is 16.6 Å². The Bertz CT molecular complexity index is 1590. The van der Waals surface area contributed by atoms with E-state index in [1.54, 1.807) is 0 Å². The Morgan fingerprint density at radius 2 is 1.82 bits per heavy atom. The molecule has 0 aliphatic carbocycles. The van der Waals surface area contributed by atoms with Gasteiger partial charge in [-0.15, -0.1) is 5.10 Å². The predicted molar refractivity (Wildman–Crippen MR) is 155 cm³/mol. The molecule has 0 bridgehead atoms. The van der Waals surface area contributed by atoms with Crippen molar-refractivity contribution in [3.63, 3.8) is 0 Å². The summed E-state index contributed by atoms with van der Waals surface area (Å²) in [7, 11) is 1.93. The summed E-state index contributed by atoms with van der Waals surface area (Å²) in [6, 6.07) is 20.0. The third-order valence-corrected chi connectivity index (χ3v) is 8.13. The molecule has 1 unspecified atom stereocenters. The van der Waals surface area contributed by atoms with Crippen molar-refractivity contribution in [1.29, 1.82) is 0 Å². The van der Waals surface area contributed by atoms with Crippen LogP contribution in [0.15, 0.2) is 60.8 Å². The second kappa shape index (κ2) is 10.2. The molecule has 5 aromatic rings. The Kier molecular flexibility index (Phi) is 6.73. The van der Waals surface area contributed by atoms with Crippen molar-refractivity contribution in [2.24, 2.45) is 13.0 Å². The summed E-state index contributed by atoms with van der Waals surface area (Å²) in [6.45, 7) is 7.30. The normalized spacial score (nSPS) is 15.8. The van der Waals surface area contributed by atoms with Gasteiger partial charge in [-0.2, -0.15) is 0 Å². The van der Waals surface area contributed by atoms with Gasteiger partial charge < -0.3 is 14.4 Å². The van der Waals surface area contributed by atoms with Gasteiger partial charge in [0.1, 0.15) is 0 Å². The fourth-order valence-corrected chi connectivity index (χ4v) is 6.16. The van der Waals surface area contributed by atoms with Crippen molar-refractivity contribution >= 4 is 21.9 Å². The Morgan fingerprint density at radius 3 is 2.51 bits per heavy atom. The third kappa shape index (κ3) is 4.97. The van der Waals surface area contributed by atoms with Crippen LogP contribution in [0.1, 0.15) is 56.0 Å². The van der Waals surface area contributed by atoms with Gasteiger partial charge in [-0.3, -0.25) is 4.98 Å². The molecular weight excluding hydrogens is 486 g/mol. The molecule has 6 rings (SSSR count). The fourth-order valence-electron chi connectivity index (χ4n) is 6.16. The number of ether oxygens (including phenoxy) is 1. The molecule has 1 aliphatic rings. The highest BCUT2D eigenvalue weighted by Crippen LogP contribution is 2.41. The van der Waals surface area contributed by atoms with E-state index < -0.39 is 5.60 Å². The number of pyridine rings is 1. The summed E-state index contributed by atoms with van der Waals surface area (Å²) < 4.78 is 10.1. The van der Waals surface area contributed by atoms with Crippen molar-refractivity contribution in [3.8, 4) is 11.3 Å². The van der Waals surface area contributed by atoms with Gasteiger partial charge in [0.25, 0.3) is 0 Å². The Labute approximate surface area is 229 Å². The molecule has 1 fully saturated rings. The second-order valence-corrected chi connectivity index (χ2v) is 11.6. The summed E-state index contributed by atoms with van der Waals surface area (Å²) in [6.07, 6.45) is 5.50. The first-order valence-corrected chi connectivity index (χ1v) is 13.9. The second-order valence-electron chi connectivity index (χ2n) is 11.6. The average Bonchev–Trinajstić information content (AvgIpc) is 3.44. The van der Waals surface area contributed by atoms with Crippen molar-refractivity contribution in [2.45, 2.75) is 58.1 Å². The molecule has 0 amide bonds. The van der Waals surface area contributed by atoms with E-state index >= 15 is 0 Å². The zero-order valence-corrected chi connectivity index (χ0v) is 23.3. The van der Waals surface area contributed by atoms with E-state index in [2.05, 4.69) is 69.5 Å². The quantitative estimate of drug-likeness (QED) is 0.283. The summed E-state index contributed by atoms with van der Waals surface area (Å²) in [5, 5.41) is 20.0. The number of aryl methyl sites for hydroxylation is 3. The number of nitrogens with zero attached hydrogens (tertiary/aromatic N) is 5. The number of hydrogen-bond donors (Lipinski definition) is 1. The molecule has 1 saturated heterocycles. The number of aliphatic hydroxyl groups is 1. The minimum Gasteiger partial charge on any atom is -0.390 e. The molecule has 2 aromatic carbocycles. The number of benzene rings is 2. The molecule has 1 aliphatic heterocycles. The average molecular weight is 524 g/mol. The van der Waals surface area contributed by atoms with Crippen molar-refractivity contribution < 1.29 is 9.84 Å². The maximum absolute atomic E-state index is 10.3. The highest BCUT2D eigenvalue weighted by atomic mass is 16.5.